The molecule has 0 unspecified atom stereocenters. The van der Waals surface area contributed by atoms with E-state index in [1.54, 1.807) is 4.90 Å². The molecule has 5 rings (SSSR count). The SMILES string of the molecule is CCCCc1ccc(C(=O)N2CCC3(CC2)C(=O)N(CC(=O)N2CCC(C)CC2)CN3c2ccccc2)cc1. The molecule has 0 aromatic heterocycles. The van der Waals surface area contributed by atoms with Gasteiger partial charge in [-0.15, -0.1) is 0 Å². The first-order valence-electron chi connectivity index (χ1n) is 14.7. The number of piperidine rings is 2. The van der Waals surface area contributed by atoms with Crippen molar-refractivity contribution in [2.45, 2.75) is 64.3 Å². The third-order valence-electron chi connectivity index (χ3n) is 8.94. The molecule has 208 valence electrons. The summed E-state index contributed by atoms with van der Waals surface area (Å²) in [5.41, 5.74) is 2.20. The lowest BCUT2D eigenvalue weighted by atomic mass is 9.85. The van der Waals surface area contributed by atoms with Gasteiger partial charge in [-0.1, -0.05) is 50.6 Å². The molecule has 3 aliphatic rings. The minimum Gasteiger partial charge on any atom is -0.341 e. The topological polar surface area (TPSA) is 64.2 Å². The van der Waals surface area contributed by atoms with Crippen molar-refractivity contribution >= 4 is 23.4 Å². The fourth-order valence-electron chi connectivity index (χ4n) is 6.30. The van der Waals surface area contributed by atoms with Gasteiger partial charge in [-0.25, -0.2) is 0 Å². The van der Waals surface area contributed by atoms with Crippen LogP contribution in [0, 0.1) is 5.92 Å². The fourth-order valence-corrected chi connectivity index (χ4v) is 6.30. The van der Waals surface area contributed by atoms with E-state index in [0.717, 1.165) is 50.9 Å². The lowest BCUT2D eigenvalue weighted by Crippen LogP contribution is -2.57. The van der Waals surface area contributed by atoms with E-state index in [-0.39, 0.29) is 24.3 Å². The van der Waals surface area contributed by atoms with E-state index in [4.69, 9.17) is 0 Å². The van der Waals surface area contributed by atoms with Crippen molar-refractivity contribution in [3.63, 3.8) is 0 Å². The van der Waals surface area contributed by atoms with Gasteiger partial charge in [-0.2, -0.15) is 0 Å². The molecule has 0 bridgehead atoms. The highest BCUT2D eigenvalue weighted by Crippen LogP contribution is 2.39. The van der Waals surface area contributed by atoms with E-state index in [9.17, 15) is 14.4 Å². The molecular formula is C32H42N4O3. The Balaban J connectivity index is 1.29. The fraction of sp³-hybridized carbons (Fsp3) is 0.531. The molecule has 0 atom stereocenters. The van der Waals surface area contributed by atoms with Crippen molar-refractivity contribution in [2.24, 2.45) is 5.92 Å². The molecule has 7 heteroatoms. The summed E-state index contributed by atoms with van der Waals surface area (Å²) in [5.74, 6) is 0.717. The number of anilines is 1. The van der Waals surface area contributed by atoms with Gasteiger partial charge in [0, 0.05) is 37.4 Å². The number of unbranched alkanes of at least 4 members (excludes halogenated alkanes) is 1. The molecule has 3 heterocycles. The van der Waals surface area contributed by atoms with Gasteiger partial charge < -0.3 is 19.6 Å². The number of carbonyl (C=O) groups is 3. The Kier molecular flexibility index (Phi) is 8.24. The summed E-state index contributed by atoms with van der Waals surface area (Å²) in [6, 6.07) is 18.0. The van der Waals surface area contributed by atoms with E-state index < -0.39 is 5.54 Å². The van der Waals surface area contributed by atoms with Gasteiger partial charge in [0.2, 0.25) is 5.91 Å². The van der Waals surface area contributed by atoms with Crippen molar-refractivity contribution in [1.82, 2.24) is 14.7 Å². The van der Waals surface area contributed by atoms with E-state index in [1.807, 2.05) is 52.3 Å². The quantitative estimate of drug-likeness (QED) is 0.526. The Morgan fingerprint density at radius 1 is 0.897 bits per heavy atom. The average Bonchev–Trinajstić information content (AvgIpc) is 3.23. The molecule has 3 fully saturated rings. The molecule has 2 aromatic carbocycles. The molecule has 3 saturated heterocycles. The van der Waals surface area contributed by atoms with Gasteiger partial charge >= 0.3 is 0 Å². The number of benzene rings is 2. The third-order valence-corrected chi connectivity index (χ3v) is 8.94. The molecule has 0 aliphatic carbocycles. The van der Waals surface area contributed by atoms with Crippen LogP contribution in [-0.2, 0) is 16.0 Å². The van der Waals surface area contributed by atoms with Crippen molar-refractivity contribution in [3.05, 3.63) is 65.7 Å². The van der Waals surface area contributed by atoms with E-state index >= 15 is 0 Å². The van der Waals surface area contributed by atoms with Crippen LogP contribution in [0.5, 0.6) is 0 Å². The highest BCUT2D eigenvalue weighted by molar-refractivity contribution is 5.97. The molecule has 3 aliphatic heterocycles. The Morgan fingerprint density at radius 3 is 2.21 bits per heavy atom. The van der Waals surface area contributed by atoms with E-state index in [0.29, 0.717) is 44.1 Å². The summed E-state index contributed by atoms with van der Waals surface area (Å²) in [5, 5.41) is 0. The van der Waals surface area contributed by atoms with E-state index in [2.05, 4.69) is 30.9 Å². The maximum Gasteiger partial charge on any atom is 0.253 e. The second-order valence-corrected chi connectivity index (χ2v) is 11.6. The van der Waals surface area contributed by atoms with Crippen LogP contribution in [0.1, 0.15) is 68.3 Å². The predicted molar refractivity (Wildman–Crippen MR) is 153 cm³/mol. The minimum atomic E-state index is -0.737. The van der Waals surface area contributed by atoms with Crippen molar-refractivity contribution in [1.29, 1.82) is 0 Å². The number of carbonyl (C=O) groups excluding carboxylic acids is 3. The van der Waals surface area contributed by atoms with Crippen LogP contribution in [0.4, 0.5) is 5.69 Å². The number of likely N-dealkylation sites (tertiary alicyclic amines) is 2. The lowest BCUT2D eigenvalue weighted by molar-refractivity contribution is -0.141. The summed E-state index contributed by atoms with van der Waals surface area (Å²) in [6.07, 6.45) is 6.46. The normalized spacial score (nSPS) is 19.7. The summed E-state index contributed by atoms with van der Waals surface area (Å²) in [7, 11) is 0. The first-order valence-corrected chi connectivity index (χ1v) is 14.7. The molecule has 0 N–H and O–H groups in total. The van der Waals surface area contributed by atoms with Crippen molar-refractivity contribution in [3.8, 4) is 0 Å². The minimum absolute atomic E-state index is 0.0115. The largest absolute Gasteiger partial charge is 0.341 e. The molecule has 1 spiro atoms. The van der Waals surface area contributed by atoms with Gasteiger partial charge in [-0.3, -0.25) is 14.4 Å². The molecular weight excluding hydrogens is 488 g/mol. The first kappa shape index (κ1) is 27.2. The zero-order chi connectivity index (χ0) is 27.4. The van der Waals surface area contributed by atoms with Crippen LogP contribution >= 0.6 is 0 Å². The van der Waals surface area contributed by atoms with Crippen molar-refractivity contribution in [2.75, 3.05) is 44.3 Å². The Bertz CT molecular complexity index is 1150. The Hall–Kier alpha value is -3.35. The first-order chi connectivity index (χ1) is 18.9. The molecule has 2 aromatic rings. The van der Waals surface area contributed by atoms with Gasteiger partial charge in [-0.05, 0) is 74.3 Å². The number of rotatable bonds is 7. The van der Waals surface area contributed by atoms with Crippen LogP contribution in [0.3, 0.4) is 0 Å². The van der Waals surface area contributed by atoms with Gasteiger partial charge in [0.1, 0.15) is 12.1 Å². The highest BCUT2D eigenvalue weighted by atomic mass is 16.2. The van der Waals surface area contributed by atoms with Crippen LogP contribution in [0.25, 0.3) is 0 Å². The zero-order valence-corrected chi connectivity index (χ0v) is 23.5. The number of hydrogen-bond acceptors (Lipinski definition) is 4. The monoisotopic (exact) mass is 530 g/mol. The predicted octanol–water partition coefficient (Wildman–Crippen LogP) is 4.57. The lowest BCUT2D eigenvalue weighted by Gasteiger charge is -2.43. The second-order valence-electron chi connectivity index (χ2n) is 11.6. The van der Waals surface area contributed by atoms with Gasteiger partial charge in [0.15, 0.2) is 0 Å². The standard InChI is InChI=1S/C32H42N4O3/c1-3-4-8-26-11-13-27(14-12-26)30(38)34-21-17-32(18-22-34)31(39)35(24-36(32)28-9-6-5-7-10-28)23-29(37)33-19-15-25(2)16-20-33/h5-7,9-14,25H,3-4,8,15-24H2,1-2H3. The Labute approximate surface area is 232 Å². The smallest absolute Gasteiger partial charge is 0.253 e. The van der Waals surface area contributed by atoms with E-state index in [1.165, 1.54) is 5.56 Å². The number of hydrogen-bond donors (Lipinski definition) is 0. The number of aryl methyl sites for hydroxylation is 1. The maximum atomic E-state index is 14.0. The summed E-state index contributed by atoms with van der Waals surface area (Å²) < 4.78 is 0. The number of nitrogens with zero attached hydrogens (tertiary/aromatic N) is 4. The number of amides is 3. The molecule has 7 nitrogen and oxygen atoms in total. The van der Waals surface area contributed by atoms with Gasteiger partial charge in [0.25, 0.3) is 11.8 Å². The summed E-state index contributed by atoms with van der Waals surface area (Å²) >= 11 is 0. The molecule has 3 amide bonds. The van der Waals surface area contributed by atoms with Crippen LogP contribution in [-0.4, -0.2) is 77.4 Å². The van der Waals surface area contributed by atoms with Crippen LogP contribution in [0.2, 0.25) is 0 Å². The van der Waals surface area contributed by atoms with Crippen molar-refractivity contribution < 1.29 is 14.4 Å². The zero-order valence-electron chi connectivity index (χ0n) is 23.5. The summed E-state index contributed by atoms with van der Waals surface area (Å²) in [4.78, 5) is 48.2. The Morgan fingerprint density at radius 2 is 1.56 bits per heavy atom. The molecule has 0 saturated carbocycles. The number of para-hydroxylation sites is 1. The van der Waals surface area contributed by atoms with Gasteiger partial charge in [0.05, 0.1) is 6.67 Å². The molecule has 0 radical (unpaired) electrons. The highest BCUT2D eigenvalue weighted by Gasteiger charge is 2.54. The summed E-state index contributed by atoms with van der Waals surface area (Å²) in [6.45, 7) is 7.48. The van der Waals surface area contributed by atoms with Crippen LogP contribution < -0.4 is 4.90 Å². The third kappa shape index (κ3) is 5.68. The molecule has 39 heavy (non-hydrogen) atoms. The second kappa shape index (κ2) is 11.8. The maximum absolute atomic E-state index is 14.0. The average molecular weight is 531 g/mol. The van der Waals surface area contributed by atoms with Crippen LogP contribution in [0.15, 0.2) is 54.6 Å².